The Balaban J connectivity index is 1.98. The number of rotatable bonds is 4. The van der Waals surface area contributed by atoms with Crippen LogP contribution in [0.4, 0.5) is 4.39 Å². The molecule has 1 atom stereocenters. The molecule has 0 bridgehead atoms. The molecule has 0 saturated heterocycles. The Morgan fingerprint density at radius 2 is 1.96 bits per heavy atom. The number of hydrogen-bond acceptors (Lipinski definition) is 3. The normalized spacial score (nSPS) is 16.5. The number of halogens is 2. The summed E-state index contributed by atoms with van der Waals surface area (Å²) < 4.78 is 41.8. The highest BCUT2D eigenvalue weighted by Gasteiger charge is 2.32. The van der Waals surface area contributed by atoms with Gasteiger partial charge < -0.3 is 5.32 Å². The van der Waals surface area contributed by atoms with Crippen molar-refractivity contribution in [2.45, 2.75) is 23.8 Å². The third kappa shape index (κ3) is 3.08. The fourth-order valence-electron chi connectivity index (χ4n) is 3.71. The summed E-state index contributed by atoms with van der Waals surface area (Å²) in [6.45, 7) is 0. The molecule has 27 heavy (non-hydrogen) atoms. The van der Waals surface area contributed by atoms with Crippen LogP contribution < -0.4 is 5.32 Å². The SMILES string of the molecule is CNC1CCc2c1cn(S(=O)(=O)c1cccc(Cl)c1)c2-c1cccc(F)c1. The number of benzene rings is 2. The second kappa shape index (κ2) is 6.78. The van der Waals surface area contributed by atoms with Gasteiger partial charge in [-0.1, -0.05) is 29.8 Å². The van der Waals surface area contributed by atoms with Gasteiger partial charge >= 0.3 is 0 Å². The van der Waals surface area contributed by atoms with Crippen molar-refractivity contribution in [1.82, 2.24) is 9.29 Å². The molecule has 0 fully saturated rings. The zero-order chi connectivity index (χ0) is 19.2. The second-order valence-electron chi connectivity index (χ2n) is 6.56. The lowest BCUT2D eigenvalue weighted by molar-refractivity contribution is 0.579. The molecule has 1 aliphatic rings. The van der Waals surface area contributed by atoms with Gasteiger partial charge in [-0.25, -0.2) is 16.8 Å². The van der Waals surface area contributed by atoms with Crippen molar-refractivity contribution in [3.05, 3.63) is 76.7 Å². The van der Waals surface area contributed by atoms with Crippen LogP contribution in [0.1, 0.15) is 23.6 Å². The number of nitrogens with one attached hydrogen (secondary N) is 1. The fraction of sp³-hybridized carbons (Fsp3) is 0.200. The lowest BCUT2D eigenvalue weighted by Crippen LogP contribution is -2.16. The number of hydrogen-bond donors (Lipinski definition) is 1. The molecule has 7 heteroatoms. The van der Waals surface area contributed by atoms with E-state index >= 15 is 0 Å². The number of nitrogens with zero attached hydrogens (tertiary/aromatic N) is 1. The first-order valence-electron chi connectivity index (χ1n) is 8.60. The van der Waals surface area contributed by atoms with Gasteiger partial charge in [0.05, 0.1) is 10.6 Å². The largest absolute Gasteiger partial charge is 0.313 e. The quantitative estimate of drug-likeness (QED) is 0.701. The molecule has 1 unspecified atom stereocenters. The van der Waals surface area contributed by atoms with Crippen molar-refractivity contribution < 1.29 is 12.8 Å². The van der Waals surface area contributed by atoms with Crippen LogP contribution in [0.2, 0.25) is 5.02 Å². The maximum Gasteiger partial charge on any atom is 0.268 e. The van der Waals surface area contributed by atoms with E-state index in [0.717, 1.165) is 24.0 Å². The second-order valence-corrected chi connectivity index (χ2v) is 8.81. The van der Waals surface area contributed by atoms with Gasteiger partial charge in [-0.2, -0.15) is 0 Å². The minimum absolute atomic E-state index is 0.0723. The van der Waals surface area contributed by atoms with Gasteiger partial charge in [0.1, 0.15) is 5.82 Å². The van der Waals surface area contributed by atoms with Crippen LogP contribution in [0.15, 0.2) is 59.6 Å². The minimum Gasteiger partial charge on any atom is -0.313 e. The molecule has 4 rings (SSSR count). The highest BCUT2D eigenvalue weighted by atomic mass is 35.5. The van der Waals surface area contributed by atoms with Crippen molar-refractivity contribution in [2.75, 3.05) is 7.05 Å². The van der Waals surface area contributed by atoms with Crippen molar-refractivity contribution in [3.63, 3.8) is 0 Å². The van der Waals surface area contributed by atoms with Gasteiger partial charge in [0.25, 0.3) is 10.0 Å². The van der Waals surface area contributed by atoms with E-state index in [4.69, 9.17) is 11.6 Å². The predicted octanol–water partition coefficient (Wildman–Crippen LogP) is 4.39. The van der Waals surface area contributed by atoms with E-state index in [0.29, 0.717) is 16.3 Å². The maximum absolute atomic E-state index is 13.9. The summed E-state index contributed by atoms with van der Waals surface area (Å²) in [5.74, 6) is -0.405. The van der Waals surface area contributed by atoms with E-state index in [2.05, 4.69) is 5.32 Å². The van der Waals surface area contributed by atoms with Crippen molar-refractivity contribution in [2.24, 2.45) is 0 Å². The van der Waals surface area contributed by atoms with Crippen LogP contribution in [-0.2, 0) is 16.4 Å². The topological polar surface area (TPSA) is 51.1 Å². The van der Waals surface area contributed by atoms with Crippen LogP contribution in [0.25, 0.3) is 11.3 Å². The Hall–Kier alpha value is -2.15. The standard InChI is InChI=1S/C20H18ClFN2O2S/c1-23-19-9-8-17-18(19)12-24(20(17)13-4-2-6-15(22)10-13)27(25,26)16-7-3-5-14(21)11-16/h2-7,10-12,19,23H,8-9H2,1H3. The van der Waals surface area contributed by atoms with Crippen LogP contribution >= 0.6 is 11.6 Å². The van der Waals surface area contributed by atoms with Gasteiger partial charge in [-0.05, 0) is 61.3 Å². The van der Waals surface area contributed by atoms with E-state index in [1.54, 1.807) is 30.5 Å². The summed E-state index contributed by atoms with van der Waals surface area (Å²) in [6, 6.07) is 12.3. The molecule has 4 nitrogen and oxygen atoms in total. The molecule has 1 heterocycles. The average molecular weight is 405 g/mol. The Labute approximate surface area is 162 Å². The summed E-state index contributed by atoms with van der Waals surface area (Å²) in [7, 11) is -2.03. The van der Waals surface area contributed by atoms with Gasteiger partial charge in [-0.3, -0.25) is 0 Å². The van der Waals surface area contributed by atoms with Crippen LogP contribution in [0.5, 0.6) is 0 Å². The Kier molecular flexibility index (Phi) is 4.58. The fourth-order valence-corrected chi connectivity index (χ4v) is 5.43. The Morgan fingerprint density at radius 3 is 2.67 bits per heavy atom. The van der Waals surface area contributed by atoms with Crippen molar-refractivity contribution in [1.29, 1.82) is 0 Å². The third-order valence-corrected chi connectivity index (χ3v) is 6.86. The Bertz CT molecular complexity index is 1120. The molecule has 0 spiro atoms. The van der Waals surface area contributed by atoms with E-state index < -0.39 is 15.8 Å². The smallest absolute Gasteiger partial charge is 0.268 e. The first-order valence-corrected chi connectivity index (χ1v) is 10.4. The minimum atomic E-state index is -3.88. The van der Waals surface area contributed by atoms with Gasteiger partial charge in [0.15, 0.2) is 0 Å². The molecule has 1 N–H and O–H groups in total. The van der Waals surface area contributed by atoms with Gasteiger partial charge in [0, 0.05) is 22.8 Å². The van der Waals surface area contributed by atoms with E-state index in [9.17, 15) is 12.8 Å². The molecule has 0 aliphatic heterocycles. The van der Waals surface area contributed by atoms with Gasteiger partial charge in [-0.15, -0.1) is 0 Å². The number of fused-ring (bicyclic) bond motifs is 1. The molecule has 1 aromatic heterocycles. The highest BCUT2D eigenvalue weighted by Crippen LogP contribution is 2.41. The van der Waals surface area contributed by atoms with Crippen LogP contribution in [-0.4, -0.2) is 19.4 Å². The zero-order valence-corrected chi connectivity index (χ0v) is 16.2. The van der Waals surface area contributed by atoms with Crippen LogP contribution in [0.3, 0.4) is 0 Å². The Morgan fingerprint density at radius 1 is 1.19 bits per heavy atom. The molecule has 2 aromatic carbocycles. The molecule has 0 radical (unpaired) electrons. The van der Waals surface area contributed by atoms with E-state index in [1.165, 1.54) is 28.2 Å². The first kappa shape index (κ1) is 18.2. The maximum atomic E-state index is 13.9. The molecular formula is C20H18ClFN2O2S. The van der Waals surface area contributed by atoms with E-state index in [-0.39, 0.29) is 10.9 Å². The molecule has 0 amide bonds. The summed E-state index contributed by atoms with van der Waals surface area (Å²) in [6.07, 6.45) is 3.26. The first-order chi connectivity index (χ1) is 12.9. The lowest BCUT2D eigenvalue weighted by Gasteiger charge is -2.13. The third-order valence-electron chi connectivity index (χ3n) is 4.97. The predicted molar refractivity (Wildman–Crippen MR) is 104 cm³/mol. The van der Waals surface area contributed by atoms with Crippen molar-refractivity contribution >= 4 is 21.6 Å². The van der Waals surface area contributed by atoms with Crippen LogP contribution in [0, 0.1) is 5.82 Å². The lowest BCUT2D eigenvalue weighted by atomic mass is 10.1. The molecular weight excluding hydrogens is 387 g/mol. The monoisotopic (exact) mass is 404 g/mol. The van der Waals surface area contributed by atoms with E-state index in [1.807, 2.05) is 7.05 Å². The van der Waals surface area contributed by atoms with Crippen molar-refractivity contribution in [3.8, 4) is 11.3 Å². The van der Waals surface area contributed by atoms with Gasteiger partial charge in [0.2, 0.25) is 0 Å². The average Bonchev–Trinajstić information content (AvgIpc) is 3.20. The highest BCUT2D eigenvalue weighted by molar-refractivity contribution is 7.90. The molecule has 140 valence electrons. The summed E-state index contributed by atoms with van der Waals surface area (Å²) in [5.41, 5.74) is 2.92. The molecule has 0 saturated carbocycles. The molecule has 3 aromatic rings. The summed E-state index contributed by atoms with van der Waals surface area (Å²) in [5, 5.41) is 3.56. The zero-order valence-electron chi connectivity index (χ0n) is 14.6. The molecule has 1 aliphatic carbocycles. The summed E-state index contributed by atoms with van der Waals surface area (Å²) >= 11 is 6.00. The number of aromatic nitrogens is 1. The summed E-state index contributed by atoms with van der Waals surface area (Å²) in [4.78, 5) is 0.0994.